The molecule has 1 aliphatic heterocycles. The summed E-state index contributed by atoms with van der Waals surface area (Å²) in [4.78, 5) is 4.16. The van der Waals surface area contributed by atoms with E-state index < -0.39 is 0 Å². The lowest BCUT2D eigenvalue weighted by Crippen LogP contribution is -2.45. The molecule has 0 atom stereocenters. The smallest absolute Gasteiger partial charge is 0.158 e. The van der Waals surface area contributed by atoms with E-state index in [0.29, 0.717) is 0 Å². The van der Waals surface area contributed by atoms with Crippen LogP contribution < -0.4 is 10.7 Å². The Morgan fingerprint density at radius 1 is 1.28 bits per heavy atom. The highest BCUT2D eigenvalue weighted by Gasteiger charge is 2.39. The molecule has 18 heavy (non-hydrogen) atoms. The Labute approximate surface area is 108 Å². The van der Waals surface area contributed by atoms with E-state index in [0.717, 1.165) is 31.8 Å². The Hall–Kier alpha value is -1.68. The van der Waals surface area contributed by atoms with Gasteiger partial charge in [0.15, 0.2) is 5.84 Å². The lowest BCUT2D eigenvalue weighted by Gasteiger charge is -2.37. The van der Waals surface area contributed by atoms with E-state index in [9.17, 15) is 0 Å². The lowest BCUT2D eigenvalue weighted by molar-refractivity contribution is 0.393. The van der Waals surface area contributed by atoms with Crippen LogP contribution in [0.2, 0.25) is 0 Å². The summed E-state index contributed by atoms with van der Waals surface area (Å²) in [5, 5.41) is 7.72. The molecule has 0 spiro atoms. The second kappa shape index (κ2) is 5.78. The molecular formula is C14H20N4. The fraction of sp³-hybridized carbons (Fsp3) is 0.429. The first-order valence-corrected chi connectivity index (χ1v) is 6.31. The van der Waals surface area contributed by atoms with Crippen molar-refractivity contribution in [1.82, 2.24) is 10.7 Å². The maximum atomic E-state index is 4.32. The molecule has 1 saturated heterocycles. The first-order valence-electron chi connectivity index (χ1n) is 6.31. The van der Waals surface area contributed by atoms with Gasteiger partial charge >= 0.3 is 0 Å². The number of rotatable bonds is 3. The van der Waals surface area contributed by atoms with Gasteiger partial charge in [0, 0.05) is 7.05 Å². The van der Waals surface area contributed by atoms with E-state index in [1.54, 1.807) is 7.05 Å². The van der Waals surface area contributed by atoms with Gasteiger partial charge in [-0.3, -0.25) is 0 Å². The summed E-state index contributed by atoms with van der Waals surface area (Å²) < 4.78 is 0. The van der Waals surface area contributed by atoms with E-state index >= 15 is 0 Å². The molecule has 0 aliphatic carbocycles. The fourth-order valence-electron chi connectivity index (χ4n) is 2.65. The summed E-state index contributed by atoms with van der Waals surface area (Å²) in [6.45, 7) is 5.64. The summed E-state index contributed by atoms with van der Waals surface area (Å²) in [5.74, 6) is 0.790. The van der Waals surface area contributed by atoms with Crippen molar-refractivity contribution in [3.63, 3.8) is 0 Å². The number of nitrogens with one attached hydrogen (secondary N) is 2. The molecule has 0 bridgehead atoms. The van der Waals surface area contributed by atoms with Gasteiger partial charge in [0.2, 0.25) is 0 Å². The third-order valence-electron chi connectivity index (χ3n) is 3.58. The topological polar surface area (TPSA) is 48.8 Å². The summed E-state index contributed by atoms with van der Waals surface area (Å²) in [5.41, 5.74) is 4.00. The van der Waals surface area contributed by atoms with Crippen molar-refractivity contribution in [3.05, 3.63) is 35.9 Å². The molecule has 1 aromatic rings. The Kier molecular flexibility index (Phi) is 4.10. The molecule has 4 nitrogen and oxygen atoms in total. The highest BCUT2D eigenvalue weighted by atomic mass is 15.3. The average molecular weight is 244 g/mol. The van der Waals surface area contributed by atoms with Crippen LogP contribution in [0.15, 0.2) is 40.4 Å². The van der Waals surface area contributed by atoms with Gasteiger partial charge in [-0.1, -0.05) is 30.3 Å². The molecule has 4 heteroatoms. The maximum absolute atomic E-state index is 4.32. The molecule has 0 radical (unpaired) electrons. The fourth-order valence-corrected chi connectivity index (χ4v) is 2.65. The number of hydrazone groups is 1. The average Bonchev–Trinajstić information content (AvgIpc) is 2.46. The molecule has 0 unspecified atom stereocenters. The van der Waals surface area contributed by atoms with Crippen molar-refractivity contribution >= 4 is 12.6 Å². The van der Waals surface area contributed by atoms with Gasteiger partial charge < -0.3 is 10.7 Å². The molecule has 0 aromatic heterocycles. The Balaban J connectivity index is 2.46. The van der Waals surface area contributed by atoms with Crippen molar-refractivity contribution < 1.29 is 0 Å². The molecule has 2 N–H and O–H groups in total. The van der Waals surface area contributed by atoms with Crippen LogP contribution in [0.5, 0.6) is 0 Å². The van der Waals surface area contributed by atoms with Crippen molar-refractivity contribution in [1.29, 1.82) is 0 Å². The normalized spacial score (nSPS) is 19.3. The molecule has 96 valence electrons. The van der Waals surface area contributed by atoms with Crippen molar-refractivity contribution in [2.24, 2.45) is 10.1 Å². The van der Waals surface area contributed by atoms with Gasteiger partial charge in [-0.05, 0) is 38.2 Å². The monoisotopic (exact) mass is 244 g/mol. The molecule has 0 saturated carbocycles. The number of hydrogen-bond acceptors (Lipinski definition) is 3. The van der Waals surface area contributed by atoms with Crippen LogP contribution in [0.1, 0.15) is 18.4 Å². The number of benzene rings is 1. The van der Waals surface area contributed by atoms with Gasteiger partial charge in [-0.25, -0.2) is 4.99 Å². The van der Waals surface area contributed by atoms with Crippen LogP contribution in [0, 0.1) is 0 Å². The van der Waals surface area contributed by atoms with Gasteiger partial charge in [0.1, 0.15) is 0 Å². The van der Waals surface area contributed by atoms with E-state index in [-0.39, 0.29) is 5.41 Å². The zero-order valence-corrected chi connectivity index (χ0v) is 10.8. The number of aliphatic imine (C=N–C) groups is 1. The summed E-state index contributed by atoms with van der Waals surface area (Å²) >= 11 is 0. The van der Waals surface area contributed by atoms with Crippen molar-refractivity contribution in [3.8, 4) is 0 Å². The largest absolute Gasteiger partial charge is 0.317 e. The molecule has 1 heterocycles. The Morgan fingerprint density at radius 3 is 2.50 bits per heavy atom. The van der Waals surface area contributed by atoms with E-state index in [1.165, 1.54) is 5.56 Å². The molecule has 0 amide bonds. The van der Waals surface area contributed by atoms with Crippen molar-refractivity contribution in [2.75, 3.05) is 20.1 Å². The maximum Gasteiger partial charge on any atom is 0.158 e. The number of hydrogen-bond donors (Lipinski definition) is 2. The zero-order valence-electron chi connectivity index (χ0n) is 10.8. The first kappa shape index (κ1) is 12.8. The van der Waals surface area contributed by atoms with Crippen LogP contribution in [0.4, 0.5) is 0 Å². The van der Waals surface area contributed by atoms with E-state index in [4.69, 9.17) is 0 Å². The van der Waals surface area contributed by atoms with Crippen LogP contribution in [0.3, 0.4) is 0 Å². The number of nitrogens with zero attached hydrogens (tertiary/aromatic N) is 2. The second-order valence-electron chi connectivity index (χ2n) is 4.52. The second-order valence-corrected chi connectivity index (χ2v) is 4.52. The van der Waals surface area contributed by atoms with Crippen LogP contribution >= 0.6 is 0 Å². The minimum absolute atomic E-state index is 0.114. The van der Waals surface area contributed by atoms with Gasteiger partial charge in [-0.2, -0.15) is 5.10 Å². The third kappa shape index (κ3) is 2.29. The quantitative estimate of drug-likeness (QED) is 0.481. The van der Waals surface area contributed by atoms with Gasteiger partial charge in [-0.15, -0.1) is 0 Å². The molecule has 2 rings (SSSR count). The van der Waals surface area contributed by atoms with Crippen LogP contribution in [0.25, 0.3) is 0 Å². The summed E-state index contributed by atoms with van der Waals surface area (Å²) in [6, 6.07) is 10.5. The SMILES string of the molecule is C=N/C(=N\NC)C1(c2ccccc2)CCNCC1. The molecule has 1 fully saturated rings. The molecule has 1 aliphatic rings. The third-order valence-corrected chi connectivity index (χ3v) is 3.58. The highest BCUT2D eigenvalue weighted by molar-refractivity contribution is 5.96. The predicted octanol–water partition coefficient (Wildman–Crippen LogP) is 1.54. The molecular weight excluding hydrogens is 224 g/mol. The summed E-state index contributed by atoms with van der Waals surface area (Å²) in [6.07, 6.45) is 1.99. The van der Waals surface area contributed by atoms with Crippen molar-refractivity contribution in [2.45, 2.75) is 18.3 Å². The van der Waals surface area contributed by atoms with Gasteiger partial charge in [0.05, 0.1) is 5.41 Å². The first-order chi connectivity index (χ1) is 8.83. The minimum Gasteiger partial charge on any atom is -0.317 e. The Morgan fingerprint density at radius 2 is 1.94 bits per heavy atom. The lowest BCUT2D eigenvalue weighted by atomic mass is 9.72. The standard InChI is InChI=1S/C14H20N4/c1-15-13(18-16-2)14(8-10-17-11-9-14)12-6-4-3-5-7-12/h3-7,16-17H,1,8-11H2,2H3/b18-13-. The summed E-state index contributed by atoms with van der Waals surface area (Å²) in [7, 11) is 1.80. The Bertz CT molecular complexity index is 419. The van der Waals surface area contributed by atoms with Gasteiger partial charge in [0.25, 0.3) is 0 Å². The number of amidine groups is 1. The predicted molar refractivity (Wildman–Crippen MR) is 76.3 cm³/mol. The van der Waals surface area contributed by atoms with E-state index in [1.807, 2.05) is 6.07 Å². The molecule has 1 aromatic carbocycles. The highest BCUT2D eigenvalue weighted by Crippen LogP contribution is 2.35. The van der Waals surface area contributed by atoms with Crippen LogP contribution in [-0.4, -0.2) is 32.7 Å². The van der Waals surface area contributed by atoms with E-state index in [2.05, 4.69) is 51.8 Å². The number of piperidine rings is 1. The zero-order chi connectivity index (χ0) is 12.8. The van der Waals surface area contributed by atoms with Crippen LogP contribution in [-0.2, 0) is 5.41 Å². The minimum atomic E-state index is -0.114.